The van der Waals surface area contributed by atoms with Crippen LogP contribution in [0.15, 0.2) is 36.4 Å². The summed E-state index contributed by atoms with van der Waals surface area (Å²) in [5.41, 5.74) is 4.37. The Kier molecular flexibility index (Phi) is 8.97. The van der Waals surface area contributed by atoms with Crippen LogP contribution in [0, 0.1) is 11.8 Å². The van der Waals surface area contributed by atoms with Gasteiger partial charge in [0.15, 0.2) is 0 Å². The summed E-state index contributed by atoms with van der Waals surface area (Å²) in [6.45, 7) is 11.2. The molecule has 2 aliphatic rings. The molecule has 1 spiro atoms. The van der Waals surface area contributed by atoms with E-state index in [9.17, 15) is 4.79 Å². The van der Waals surface area contributed by atoms with Crippen molar-refractivity contribution in [3.8, 4) is 5.75 Å². The molecule has 5 nitrogen and oxygen atoms in total. The highest BCUT2D eigenvalue weighted by atomic mass is 35.5. The molecule has 2 aliphatic heterocycles. The van der Waals surface area contributed by atoms with Crippen molar-refractivity contribution in [1.82, 2.24) is 10.2 Å². The van der Waals surface area contributed by atoms with E-state index in [1.807, 2.05) is 25.2 Å². The van der Waals surface area contributed by atoms with Gasteiger partial charge in [-0.15, -0.1) is 0 Å². The zero-order valence-electron chi connectivity index (χ0n) is 22.3. The smallest absolute Gasteiger partial charge is 0.235 e. The average Bonchev–Trinajstić information content (AvgIpc) is 3.14. The Balaban J connectivity index is 1.33. The van der Waals surface area contributed by atoms with Crippen molar-refractivity contribution in [3.63, 3.8) is 0 Å². The third-order valence-corrected chi connectivity index (χ3v) is 8.76. The van der Waals surface area contributed by atoms with Crippen molar-refractivity contribution in [2.75, 3.05) is 45.2 Å². The summed E-state index contributed by atoms with van der Waals surface area (Å²) in [4.78, 5) is 15.3. The number of aryl methyl sites for hydroxylation is 1. The molecule has 1 fully saturated rings. The van der Waals surface area contributed by atoms with Gasteiger partial charge in [-0.2, -0.15) is 0 Å². The molecule has 1 saturated heterocycles. The molecule has 0 aliphatic carbocycles. The summed E-state index contributed by atoms with van der Waals surface area (Å²) in [5.74, 6) is 2.38. The number of hydrogen-bond acceptors (Lipinski definition) is 4. The maximum atomic E-state index is 12.9. The van der Waals surface area contributed by atoms with Crippen molar-refractivity contribution in [2.24, 2.45) is 11.8 Å². The third-order valence-electron chi connectivity index (χ3n) is 8.52. The van der Waals surface area contributed by atoms with Crippen LogP contribution >= 0.6 is 11.6 Å². The molecule has 2 aromatic carbocycles. The number of fused-ring (bicyclic) bond motifs is 2. The standard InChI is InChI=1S/C30H42ClN3O2/c1-5-21(3)24(20-32-4)17-23-18-26(9-7-22(23)6-2)36-16-15-34-13-11-30(12-14-34)27-19-25(31)8-10-28(27)33-29(30)35/h7-10,18-19,21,24,32H,5-6,11-17,20H2,1-4H3,(H,33,35). The first kappa shape index (κ1) is 27.0. The van der Waals surface area contributed by atoms with Crippen LogP contribution in [0.3, 0.4) is 0 Å². The summed E-state index contributed by atoms with van der Waals surface area (Å²) < 4.78 is 6.23. The minimum absolute atomic E-state index is 0.119. The number of carbonyl (C=O) groups is 1. The Morgan fingerprint density at radius 3 is 2.61 bits per heavy atom. The van der Waals surface area contributed by atoms with Crippen LogP contribution in [0.1, 0.15) is 56.7 Å². The van der Waals surface area contributed by atoms with E-state index in [0.717, 1.165) is 68.9 Å². The molecule has 196 valence electrons. The molecule has 36 heavy (non-hydrogen) atoms. The normalized spacial score (nSPS) is 18.6. The largest absolute Gasteiger partial charge is 0.492 e. The molecule has 6 heteroatoms. The first-order valence-electron chi connectivity index (χ1n) is 13.6. The molecule has 0 radical (unpaired) electrons. The average molecular weight is 512 g/mol. The molecule has 0 saturated carbocycles. The number of amides is 1. The molecule has 2 aromatic rings. The highest BCUT2D eigenvalue weighted by molar-refractivity contribution is 6.31. The number of nitrogens with zero attached hydrogens (tertiary/aromatic N) is 1. The van der Waals surface area contributed by atoms with Crippen molar-refractivity contribution in [1.29, 1.82) is 0 Å². The van der Waals surface area contributed by atoms with Gasteiger partial charge in [0.05, 0.1) is 5.41 Å². The highest BCUT2D eigenvalue weighted by Gasteiger charge is 2.48. The van der Waals surface area contributed by atoms with Gasteiger partial charge in [0.1, 0.15) is 12.4 Å². The van der Waals surface area contributed by atoms with E-state index in [4.69, 9.17) is 16.3 Å². The fourth-order valence-corrected chi connectivity index (χ4v) is 6.08. The van der Waals surface area contributed by atoms with Gasteiger partial charge in [0.25, 0.3) is 0 Å². The number of halogens is 1. The lowest BCUT2D eigenvalue weighted by atomic mass is 9.73. The van der Waals surface area contributed by atoms with E-state index in [-0.39, 0.29) is 5.91 Å². The zero-order valence-corrected chi connectivity index (χ0v) is 23.1. The van der Waals surface area contributed by atoms with Crippen LogP contribution in [-0.4, -0.2) is 50.6 Å². The van der Waals surface area contributed by atoms with Gasteiger partial charge in [-0.3, -0.25) is 9.69 Å². The van der Waals surface area contributed by atoms with E-state index in [1.54, 1.807) is 0 Å². The molecule has 0 bridgehead atoms. The van der Waals surface area contributed by atoms with Crippen molar-refractivity contribution < 1.29 is 9.53 Å². The third kappa shape index (κ3) is 5.74. The van der Waals surface area contributed by atoms with Gasteiger partial charge in [0.2, 0.25) is 5.91 Å². The van der Waals surface area contributed by atoms with Crippen LogP contribution in [0.2, 0.25) is 5.02 Å². The highest BCUT2D eigenvalue weighted by Crippen LogP contribution is 2.45. The van der Waals surface area contributed by atoms with Gasteiger partial charge in [-0.1, -0.05) is 44.9 Å². The second-order valence-corrected chi connectivity index (χ2v) is 11.0. The lowest BCUT2D eigenvalue weighted by Gasteiger charge is -2.38. The predicted molar refractivity (Wildman–Crippen MR) is 149 cm³/mol. The number of anilines is 1. The molecule has 1 amide bonds. The minimum atomic E-state index is -0.442. The van der Waals surface area contributed by atoms with Crippen molar-refractivity contribution >= 4 is 23.2 Å². The van der Waals surface area contributed by atoms with Crippen LogP contribution < -0.4 is 15.4 Å². The first-order valence-corrected chi connectivity index (χ1v) is 14.0. The SMILES string of the molecule is CCc1ccc(OCCN2CCC3(CC2)C(=O)Nc2ccc(Cl)cc23)cc1CC(CNC)C(C)CC. The monoisotopic (exact) mass is 511 g/mol. The van der Waals surface area contributed by atoms with E-state index in [1.165, 1.54) is 17.5 Å². The fourth-order valence-electron chi connectivity index (χ4n) is 5.91. The number of rotatable bonds is 11. The number of nitrogens with one attached hydrogen (secondary N) is 2. The Morgan fingerprint density at radius 1 is 1.14 bits per heavy atom. The summed E-state index contributed by atoms with van der Waals surface area (Å²) in [5, 5.41) is 7.14. The molecule has 2 heterocycles. The van der Waals surface area contributed by atoms with Crippen molar-refractivity contribution in [2.45, 2.75) is 58.3 Å². The van der Waals surface area contributed by atoms with Crippen LogP contribution in [0.4, 0.5) is 5.69 Å². The van der Waals surface area contributed by atoms with Gasteiger partial charge < -0.3 is 15.4 Å². The van der Waals surface area contributed by atoms with E-state index in [2.05, 4.69) is 54.5 Å². The topological polar surface area (TPSA) is 53.6 Å². The number of likely N-dealkylation sites (tertiary alicyclic amines) is 1. The Morgan fingerprint density at radius 2 is 1.92 bits per heavy atom. The van der Waals surface area contributed by atoms with Gasteiger partial charge in [-0.05, 0) is 111 Å². The summed E-state index contributed by atoms with van der Waals surface area (Å²) in [7, 11) is 2.05. The summed E-state index contributed by atoms with van der Waals surface area (Å²) in [6.07, 6.45) is 4.94. The predicted octanol–water partition coefficient (Wildman–Crippen LogP) is 5.69. The van der Waals surface area contributed by atoms with E-state index >= 15 is 0 Å². The first-order chi connectivity index (χ1) is 17.4. The lowest BCUT2D eigenvalue weighted by molar-refractivity contribution is -0.122. The molecule has 2 unspecified atom stereocenters. The summed E-state index contributed by atoms with van der Waals surface area (Å²) in [6, 6.07) is 12.4. The summed E-state index contributed by atoms with van der Waals surface area (Å²) >= 11 is 6.26. The lowest BCUT2D eigenvalue weighted by Crippen LogP contribution is -2.47. The molecular formula is C30H42ClN3O2. The molecule has 2 N–H and O–H groups in total. The van der Waals surface area contributed by atoms with Crippen LogP contribution in [0.25, 0.3) is 0 Å². The Bertz CT molecular complexity index is 1050. The molecule has 2 atom stereocenters. The Hall–Kier alpha value is -2.08. The van der Waals surface area contributed by atoms with Gasteiger partial charge in [0, 0.05) is 17.3 Å². The van der Waals surface area contributed by atoms with Crippen LogP contribution in [-0.2, 0) is 23.1 Å². The second-order valence-electron chi connectivity index (χ2n) is 10.6. The Labute approximate surface area is 221 Å². The number of benzene rings is 2. The van der Waals surface area contributed by atoms with Crippen molar-refractivity contribution in [3.05, 3.63) is 58.1 Å². The second kappa shape index (κ2) is 12.0. The maximum absolute atomic E-state index is 12.9. The van der Waals surface area contributed by atoms with Gasteiger partial charge >= 0.3 is 0 Å². The number of ether oxygens (including phenoxy) is 1. The van der Waals surface area contributed by atoms with E-state index < -0.39 is 5.41 Å². The fraction of sp³-hybridized carbons (Fsp3) is 0.567. The maximum Gasteiger partial charge on any atom is 0.235 e. The number of carbonyl (C=O) groups excluding carboxylic acids is 1. The molecular weight excluding hydrogens is 470 g/mol. The van der Waals surface area contributed by atoms with Gasteiger partial charge in [-0.25, -0.2) is 0 Å². The molecule has 4 rings (SSSR count). The zero-order chi connectivity index (χ0) is 25.7. The molecule has 0 aromatic heterocycles. The quantitative estimate of drug-likeness (QED) is 0.407. The number of piperidine rings is 1. The van der Waals surface area contributed by atoms with E-state index in [0.29, 0.717) is 23.5 Å². The number of hydrogen-bond donors (Lipinski definition) is 2. The van der Waals surface area contributed by atoms with Crippen LogP contribution in [0.5, 0.6) is 5.75 Å². The minimum Gasteiger partial charge on any atom is -0.492 e.